The third kappa shape index (κ3) is 1.65. The molecule has 0 unspecified atom stereocenters. The van der Waals surface area contributed by atoms with Gasteiger partial charge in [-0.15, -0.1) is 0 Å². The number of hydrogen-bond acceptors (Lipinski definition) is 2. The van der Waals surface area contributed by atoms with Crippen molar-refractivity contribution in [2.24, 2.45) is 0 Å². The molecule has 1 fully saturated rings. The molecular formula is C10H14N2O. The van der Waals surface area contributed by atoms with E-state index in [1.54, 1.807) is 6.07 Å². The molecule has 1 aromatic heterocycles. The highest BCUT2D eigenvalue weighted by molar-refractivity contribution is 5.18. The standard InChI is InChI=1S/C10H14N2O/c1-7-5-10(13)8(6-12-7)9-3-2-4-11-9/h5-6,9,11H,2-4H2,1H3,(H,12,13)/t9-/m0/s1. The zero-order valence-corrected chi connectivity index (χ0v) is 7.76. The van der Waals surface area contributed by atoms with Crippen LogP contribution in [-0.2, 0) is 0 Å². The second-order valence-corrected chi connectivity index (χ2v) is 3.58. The average Bonchev–Trinajstić information content (AvgIpc) is 2.56. The van der Waals surface area contributed by atoms with Crippen LogP contribution in [0.25, 0.3) is 0 Å². The van der Waals surface area contributed by atoms with E-state index in [2.05, 4.69) is 10.3 Å². The van der Waals surface area contributed by atoms with E-state index in [1.165, 1.54) is 0 Å². The van der Waals surface area contributed by atoms with Crippen molar-refractivity contribution in [1.82, 2.24) is 10.3 Å². The van der Waals surface area contributed by atoms with Crippen molar-refractivity contribution in [3.63, 3.8) is 0 Å². The largest absolute Gasteiger partial charge is 0.365 e. The molecule has 2 rings (SSSR count). The number of H-pyrrole nitrogens is 1. The summed E-state index contributed by atoms with van der Waals surface area (Å²) in [6, 6.07) is 1.93. The molecule has 0 saturated carbocycles. The Balaban J connectivity index is 2.34. The first-order valence-corrected chi connectivity index (χ1v) is 4.70. The number of aromatic amines is 1. The van der Waals surface area contributed by atoms with Crippen LogP contribution in [0.15, 0.2) is 17.1 Å². The predicted molar refractivity (Wildman–Crippen MR) is 51.8 cm³/mol. The molecule has 1 aliphatic rings. The van der Waals surface area contributed by atoms with Gasteiger partial charge >= 0.3 is 0 Å². The van der Waals surface area contributed by atoms with Crippen LogP contribution in [0, 0.1) is 6.92 Å². The van der Waals surface area contributed by atoms with Crippen LogP contribution in [0.1, 0.15) is 30.1 Å². The highest BCUT2D eigenvalue weighted by Gasteiger charge is 2.18. The molecule has 0 bridgehead atoms. The second-order valence-electron chi connectivity index (χ2n) is 3.58. The van der Waals surface area contributed by atoms with Gasteiger partial charge in [0.15, 0.2) is 5.43 Å². The van der Waals surface area contributed by atoms with Gasteiger partial charge in [0.2, 0.25) is 0 Å². The highest BCUT2D eigenvalue weighted by atomic mass is 16.1. The monoisotopic (exact) mass is 178 g/mol. The Morgan fingerprint density at radius 1 is 1.54 bits per heavy atom. The van der Waals surface area contributed by atoms with Crippen molar-refractivity contribution >= 4 is 0 Å². The Bertz CT molecular complexity index is 350. The summed E-state index contributed by atoms with van der Waals surface area (Å²) in [5.74, 6) is 0. The van der Waals surface area contributed by atoms with E-state index in [-0.39, 0.29) is 11.5 Å². The van der Waals surface area contributed by atoms with Crippen molar-refractivity contribution < 1.29 is 0 Å². The van der Waals surface area contributed by atoms with Gasteiger partial charge in [-0.1, -0.05) is 0 Å². The van der Waals surface area contributed by atoms with Crippen LogP contribution >= 0.6 is 0 Å². The van der Waals surface area contributed by atoms with Gasteiger partial charge in [0.25, 0.3) is 0 Å². The maximum absolute atomic E-state index is 11.6. The lowest BCUT2D eigenvalue weighted by molar-refractivity contribution is 0.640. The predicted octanol–water partition coefficient (Wildman–Crippen LogP) is 1.11. The van der Waals surface area contributed by atoms with Gasteiger partial charge in [-0.2, -0.15) is 0 Å². The lowest BCUT2D eigenvalue weighted by Crippen LogP contribution is -2.20. The Kier molecular flexibility index (Phi) is 2.19. The van der Waals surface area contributed by atoms with Crippen molar-refractivity contribution in [2.75, 3.05) is 6.54 Å². The summed E-state index contributed by atoms with van der Waals surface area (Å²) in [4.78, 5) is 14.6. The first-order chi connectivity index (χ1) is 6.27. The molecule has 3 heteroatoms. The third-order valence-electron chi connectivity index (χ3n) is 2.52. The molecule has 2 N–H and O–H groups in total. The third-order valence-corrected chi connectivity index (χ3v) is 2.52. The molecule has 0 radical (unpaired) electrons. The van der Waals surface area contributed by atoms with E-state index in [9.17, 15) is 4.79 Å². The molecule has 0 spiro atoms. The molecule has 0 aliphatic carbocycles. The van der Waals surface area contributed by atoms with Gasteiger partial charge < -0.3 is 10.3 Å². The van der Waals surface area contributed by atoms with E-state index < -0.39 is 0 Å². The molecule has 1 atom stereocenters. The molecule has 0 amide bonds. The minimum Gasteiger partial charge on any atom is -0.365 e. The summed E-state index contributed by atoms with van der Waals surface area (Å²) in [6.45, 7) is 2.92. The van der Waals surface area contributed by atoms with Crippen LogP contribution in [0.3, 0.4) is 0 Å². The van der Waals surface area contributed by atoms with Crippen molar-refractivity contribution in [3.8, 4) is 0 Å². The van der Waals surface area contributed by atoms with Gasteiger partial charge in [0, 0.05) is 29.6 Å². The number of aromatic nitrogens is 1. The van der Waals surface area contributed by atoms with E-state index >= 15 is 0 Å². The molecule has 2 heterocycles. The number of hydrogen-bond donors (Lipinski definition) is 2. The fraction of sp³-hybridized carbons (Fsp3) is 0.500. The maximum atomic E-state index is 11.6. The zero-order chi connectivity index (χ0) is 9.26. The Morgan fingerprint density at radius 2 is 2.38 bits per heavy atom. The van der Waals surface area contributed by atoms with Crippen molar-refractivity contribution in [2.45, 2.75) is 25.8 Å². The van der Waals surface area contributed by atoms with E-state index in [4.69, 9.17) is 0 Å². The summed E-state index contributed by atoms with van der Waals surface area (Å²) in [5, 5.41) is 3.31. The fourth-order valence-electron chi connectivity index (χ4n) is 1.81. The van der Waals surface area contributed by atoms with E-state index in [1.807, 2.05) is 13.1 Å². The first-order valence-electron chi connectivity index (χ1n) is 4.70. The first kappa shape index (κ1) is 8.51. The summed E-state index contributed by atoms with van der Waals surface area (Å²) < 4.78 is 0. The molecule has 0 aromatic carbocycles. The summed E-state index contributed by atoms with van der Waals surface area (Å²) in [7, 11) is 0. The number of rotatable bonds is 1. The molecule has 1 aliphatic heterocycles. The molecule has 3 nitrogen and oxygen atoms in total. The second kappa shape index (κ2) is 3.34. The Morgan fingerprint density at radius 3 is 3.00 bits per heavy atom. The fourth-order valence-corrected chi connectivity index (χ4v) is 1.81. The minimum absolute atomic E-state index is 0.149. The summed E-state index contributed by atoms with van der Waals surface area (Å²) in [5.41, 5.74) is 1.95. The Hall–Kier alpha value is -1.09. The highest BCUT2D eigenvalue weighted by Crippen LogP contribution is 2.19. The zero-order valence-electron chi connectivity index (χ0n) is 7.76. The lowest BCUT2D eigenvalue weighted by atomic mass is 10.1. The number of aryl methyl sites for hydroxylation is 1. The van der Waals surface area contributed by atoms with Crippen molar-refractivity contribution in [1.29, 1.82) is 0 Å². The molecule has 70 valence electrons. The average molecular weight is 178 g/mol. The number of nitrogens with one attached hydrogen (secondary N) is 2. The van der Waals surface area contributed by atoms with Gasteiger partial charge in [-0.3, -0.25) is 4.79 Å². The van der Waals surface area contributed by atoms with Gasteiger partial charge in [-0.25, -0.2) is 0 Å². The van der Waals surface area contributed by atoms with Crippen LogP contribution in [0.4, 0.5) is 0 Å². The summed E-state index contributed by atoms with van der Waals surface area (Å²) in [6.07, 6.45) is 4.07. The smallest absolute Gasteiger partial charge is 0.186 e. The molecule has 1 aromatic rings. The van der Waals surface area contributed by atoms with Crippen LogP contribution in [-0.4, -0.2) is 11.5 Å². The number of pyridine rings is 1. The van der Waals surface area contributed by atoms with Crippen molar-refractivity contribution in [3.05, 3.63) is 33.7 Å². The van der Waals surface area contributed by atoms with E-state index in [0.717, 1.165) is 30.6 Å². The SMILES string of the molecule is Cc1cc(=O)c([C@@H]2CCCN2)c[nH]1. The lowest BCUT2D eigenvalue weighted by Gasteiger charge is -2.08. The van der Waals surface area contributed by atoms with E-state index in [0.29, 0.717) is 0 Å². The van der Waals surface area contributed by atoms with Gasteiger partial charge in [-0.05, 0) is 26.3 Å². The van der Waals surface area contributed by atoms with Gasteiger partial charge in [0.1, 0.15) is 0 Å². The quantitative estimate of drug-likeness (QED) is 0.676. The molecule has 1 saturated heterocycles. The van der Waals surface area contributed by atoms with Crippen LogP contribution < -0.4 is 10.7 Å². The normalized spacial score (nSPS) is 22.1. The van der Waals surface area contributed by atoms with Crippen LogP contribution in [0.5, 0.6) is 0 Å². The summed E-state index contributed by atoms with van der Waals surface area (Å²) >= 11 is 0. The molecule has 13 heavy (non-hydrogen) atoms. The van der Waals surface area contributed by atoms with Crippen LogP contribution in [0.2, 0.25) is 0 Å². The Labute approximate surface area is 77.2 Å². The maximum Gasteiger partial charge on any atom is 0.186 e. The topological polar surface area (TPSA) is 44.9 Å². The molecular weight excluding hydrogens is 164 g/mol. The van der Waals surface area contributed by atoms with Gasteiger partial charge in [0.05, 0.1) is 0 Å². The minimum atomic E-state index is 0.149.